The highest BCUT2D eigenvalue weighted by molar-refractivity contribution is 6.04. The molecule has 1 aliphatic carbocycles. The second-order valence-electron chi connectivity index (χ2n) is 4.87. The molecule has 4 nitrogen and oxygen atoms in total. The predicted molar refractivity (Wildman–Crippen MR) is 70.6 cm³/mol. The van der Waals surface area contributed by atoms with Crippen molar-refractivity contribution in [1.29, 1.82) is 5.53 Å². The van der Waals surface area contributed by atoms with Gasteiger partial charge in [0.25, 0.3) is 0 Å². The van der Waals surface area contributed by atoms with Gasteiger partial charge in [-0.15, -0.1) is 0 Å². The minimum Gasteiger partial charge on any atom is -0.359 e. The Bertz CT molecular complexity index is 589. The van der Waals surface area contributed by atoms with Gasteiger partial charge < -0.3 is 5.32 Å². The van der Waals surface area contributed by atoms with Crippen LogP contribution < -0.4 is 5.32 Å². The lowest BCUT2D eigenvalue weighted by Crippen LogP contribution is -2.29. The Morgan fingerprint density at radius 1 is 1.36 bits per heavy atom. The van der Waals surface area contributed by atoms with Gasteiger partial charge in [-0.1, -0.05) is 18.2 Å². The average Bonchev–Trinajstić information content (AvgIpc) is 2.47. The van der Waals surface area contributed by atoms with Crippen molar-refractivity contribution in [1.82, 2.24) is 5.32 Å². The predicted octanol–water partition coefficient (Wildman–Crippen LogP) is 3.36. The highest BCUT2D eigenvalue weighted by atomic mass is 19.4. The molecule has 0 aromatic rings. The first-order valence-corrected chi connectivity index (χ1v) is 6.47. The minimum absolute atomic E-state index is 0.134. The van der Waals surface area contributed by atoms with Gasteiger partial charge in [0.05, 0.1) is 5.92 Å². The molecule has 3 unspecified atom stereocenters. The summed E-state index contributed by atoms with van der Waals surface area (Å²) in [5.41, 5.74) is 7.06. The van der Waals surface area contributed by atoms with Crippen LogP contribution in [-0.4, -0.2) is 24.3 Å². The molecule has 0 aromatic carbocycles. The number of halogens is 4. The van der Waals surface area contributed by atoms with Crippen molar-refractivity contribution in [2.75, 3.05) is 0 Å². The SMILES string of the molecule is N=NC(C(=O)C1=CC(C(F)(F)F)CC=C1)C1=CC(F)NC=C1. The number of carbonyl (C=O) groups is 1. The van der Waals surface area contributed by atoms with Crippen LogP contribution in [0.3, 0.4) is 0 Å². The van der Waals surface area contributed by atoms with Crippen LogP contribution in [0.1, 0.15) is 6.42 Å². The van der Waals surface area contributed by atoms with Crippen LogP contribution in [0.4, 0.5) is 17.6 Å². The van der Waals surface area contributed by atoms with Crippen molar-refractivity contribution in [3.63, 3.8) is 0 Å². The van der Waals surface area contributed by atoms with Crippen LogP contribution in [0.2, 0.25) is 0 Å². The molecule has 1 aliphatic heterocycles. The van der Waals surface area contributed by atoms with E-state index in [1.165, 1.54) is 24.4 Å². The summed E-state index contributed by atoms with van der Waals surface area (Å²) in [4.78, 5) is 12.3. The smallest absolute Gasteiger partial charge is 0.359 e. The topological polar surface area (TPSA) is 65.3 Å². The van der Waals surface area contributed by atoms with Gasteiger partial charge in [0.15, 0.2) is 18.1 Å². The second-order valence-corrected chi connectivity index (χ2v) is 4.87. The molecule has 0 fully saturated rings. The maximum absolute atomic E-state index is 13.2. The zero-order chi connectivity index (χ0) is 16.3. The van der Waals surface area contributed by atoms with Crippen LogP contribution in [0.5, 0.6) is 0 Å². The number of dihydropyridines is 1. The number of allylic oxidation sites excluding steroid dienone is 3. The second kappa shape index (κ2) is 6.25. The van der Waals surface area contributed by atoms with Crippen molar-refractivity contribution >= 4 is 5.78 Å². The Morgan fingerprint density at radius 3 is 2.68 bits per heavy atom. The molecule has 2 N–H and O–H groups in total. The maximum atomic E-state index is 13.2. The summed E-state index contributed by atoms with van der Waals surface area (Å²) in [5, 5.41) is 5.46. The number of hydrogen-bond acceptors (Lipinski definition) is 4. The van der Waals surface area contributed by atoms with Gasteiger partial charge in [-0.2, -0.15) is 18.3 Å². The first-order chi connectivity index (χ1) is 10.3. The molecule has 2 aliphatic rings. The number of nitrogens with zero attached hydrogens (tertiary/aromatic N) is 1. The standard InChI is InChI=1S/C14H13F4N3O/c15-11-7-8(4-5-20-11)12(21-19)13(22)9-2-1-3-10(6-9)14(16,17)18/h1-2,4-7,10-12,19-20H,3H2. The van der Waals surface area contributed by atoms with Crippen molar-refractivity contribution in [2.24, 2.45) is 11.0 Å². The molecule has 0 saturated heterocycles. The number of alkyl halides is 4. The molecule has 0 amide bonds. The number of hydrogen-bond donors (Lipinski definition) is 2. The Morgan fingerprint density at radius 2 is 2.09 bits per heavy atom. The lowest BCUT2D eigenvalue weighted by molar-refractivity contribution is -0.160. The largest absolute Gasteiger partial charge is 0.395 e. The summed E-state index contributed by atoms with van der Waals surface area (Å²) in [6.45, 7) is 0. The van der Waals surface area contributed by atoms with Crippen LogP contribution in [-0.2, 0) is 4.79 Å². The number of rotatable bonds is 4. The van der Waals surface area contributed by atoms with Gasteiger partial charge in [0.1, 0.15) is 0 Å². The molecule has 0 bridgehead atoms. The zero-order valence-electron chi connectivity index (χ0n) is 11.3. The Kier molecular flexibility index (Phi) is 4.58. The maximum Gasteiger partial charge on any atom is 0.395 e. The van der Waals surface area contributed by atoms with Gasteiger partial charge in [-0.3, -0.25) is 4.79 Å². The summed E-state index contributed by atoms with van der Waals surface area (Å²) in [6.07, 6.45) is 0.853. The molecule has 1 heterocycles. The molecule has 0 saturated carbocycles. The Balaban J connectivity index is 2.25. The quantitative estimate of drug-likeness (QED) is 0.474. The van der Waals surface area contributed by atoms with Crippen LogP contribution >= 0.6 is 0 Å². The van der Waals surface area contributed by atoms with E-state index in [0.29, 0.717) is 0 Å². The average molecular weight is 315 g/mol. The molecule has 0 spiro atoms. The van der Waals surface area contributed by atoms with Gasteiger partial charge in [-0.05, 0) is 30.3 Å². The molecule has 118 valence electrons. The van der Waals surface area contributed by atoms with Gasteiger partial charge >= 0.3 is 6.18 Å². The number of nitrogens with one attached hydrogen (secondary N) is 2. The van der Waals surface area contributed by atoms with Crippen molar-refractivity contribution in [3.05, 3.63) is 47.7 Å². The van der Waals surface area contributed by atoms with E-state index in [1.807, 2.05) is 0 Å². The summed E-state index contributed by atoms with van der Waals surface area (Å²) >= 11 is 0. The number of carbonyl (C=O) groups excluding carboxylic acids is 1. The zero-order valence-corrected chi connectivity index (χ0v) is 11.3. The van der Waals surface area contributed by atoms with Crippen LogP contribution in [0, 0.1) is 11.4 Å². The molecule has 0 radical (unpaired) electrons. The Hall–Kier alpha value is -2.25. The van der Waals surface area contributed by atoms with E-state index < -0.39 is 30.2 Å². The third kappa shape index (κ3) is 3.49. The summed E-state index contributed by atoms with van der Waals surface area (Å²) in [6, 6.07) is -1.35. The van der Waals surface area contributed by atoms with E-state index in [-0.39, 0.29) is 17.6 Å². The molecule has 22 heavy (non-hydrogen) atoms. The highest BCUT2D eigenvalue weighted by Gasteiger charge is 2.39. The van der Waals surface area contributed by atoms with Crippen LogP contribution in [0.25, 0.3) is 0 Å². The molecule has 8 heteroatoms. The summed E-state index contributed by atoms with van der Waals surface area (Å²) < 4.78 is 51.4. The minimum atomic E-state index is -4.44. The molecular formula is C14H13F4N3O. The fourth-order valence-electron chi connectivity index (χ4n) is 2.21. The normalized spacial score (nSPS) is 25.8. The van der Waals surface area contributed by atoms with Crippen molar-refractivity contribution in [3.8, 4) is 0 Å². The molecule has 0 aromatic heterocycles. The third-order valence-corrected chi connectivity index (χ3v) is 3.34. The third-order valence-electron chi connectivity index (χ3n) is 3.34. The Labute approximate surface area is 123 Å². The molecule has 2 rings (SSSR count). The van der Waals surface area contributed by atoms with Crippen molar-refractivity contribution < 1.29 is 22.4 Å². The van der Waals surface area contributed by atoms with E-state index >= 15 is 0 Å². The lowest BCUT2D eigenvalue weighted by Gasteiger charge is -2.21. The van der Waals surface area contributed by atoms with E-state index in [0.717, 1.165) is 12.2 Å². The lowest BCUT2D eigenvalue weighted by atomic mass is 9.89. The summed E-state index contributed by atoms with van der Waals surface area (Å²) in [5.74, 6) is -2.50. The monoisotopic (exact) mass is 315 g/mol. The molecule has 3 atom stereocenters. The number of ketones is 1. The van der Waals surface area contributed by atoms with Gasteiger partial charge in [0.2, 0.25) is 0 Å². The molecular weight excluding hydrogens is 302 g/mol. The van der Waals surface area contributed by atoms with E-state index in [9.17, 15) is 22.4 Å². The van der Waals surface area contributed by atoms with Crippen LogP contribution in [0.15, 0.2) is 52.8 Å². The fourth-order valence-corrected chi connectivity index (χ4v) is 2.21. The van der Waals surface area contributed by atoms with Crippen molar-refractivity contribution in [2.45, 2.75) is 24.9 Å². The van der Waals surface area contributed by atoms with Gasteiger partial charge in [-0.25, -0.2) is 9.92 Å². The van der Waals surface area contributed by atoms with E-state index in [1.54, 1.807) is 0 Å². The van der Waals surface area contributed by atoms with Gasteiger partial charge in [0, 0.05) is 5.57 Å². The first-order valence-electron chi connectivity index (χ1n) is 6.47. The summed E-state index contributed by atoms with van der Waals surface area (Å²) in [7, 11) is 0. The highest BCUT2D eigenvalue weighted by Crippen LogP contribution is 2.34. The number of Topliss-reactive ketones (excluding diaryl/α,β-unsaturated/α-hetero) is 1. The fraction of sp³-hybridized carbons (Fsp3) is 0.357. The van der Waals surface area contributed by atoms with E-state index in [4.69, 9.17) is 5.53 Å². The van der Waals surface area contributed by atoms with E-state index in [2.05, 4.69) is 10.4 Å². The first kappa shape index (κ1) is 16.1.